The number of hydrogen-bond donors (Lipinski definition) is 0. The maximum Gasteiger partial charge on any atom is 0.332 e. The van der Waals surface area contributed by atoms with Crippen LogP contribution in [0.25, 0.3) is 11.2 Å². The van der Waals surface area contributed by atoms with Crippen molar-refractivity contribution in [3.8, 4) is 0 Å². The van der Waals surface area contributed by atoms with Crippen molar-refractivity contribution in [2.24, 2.45) is 14.1 Å². The Morgan fingerprint density at radius 2 is 1.96 bits per heavy atom. The molecule has 3 aromatic rings. The average molecular weight is 345 g/mol. The number of halogens is 3. The van der Waals surface area contributed by atoms with E-state index in [0.29, 0.717) is 4.57 Å². The Hall–Kier alpha value is -2.49. The van der Waals surface area contributed by atoms with Crippen molar-refractivity contribution in [3.63, 3.8) is 0 Å². The number of imidazole rings is 2. The Morgan fingerprint density at radius 1 is 1.26 bits per heavy atom. The number of aromatic nitrogens is 6. The van der Waals surface area contributed by atoms with E-state index in [1.165, 1.54) is 29.4 Å². The van der Waals surface area contributed by atoms with Crippen LogP contribution in [0.1, 0.15) is 12.4 Å². The maximum absolute atomic E-state index is 12.9. The van der Waals surface area contributed by atoms with Crippen LogP contribution in [-0.4, -0.2) is 28.2 Å². The summed E-state index contributed by atoms with van der Waals surface area (Å²) in [6.45, 7) is -2.95. The fourth-order valence-corrected chi connectivity index (χ4v) is 2.57. The van der Waals surface area contributed by atoms with Gasteiger partial charge in [-0.2, -0.15) is 13.8 Å². The molecule has 8 nitrogen and oxygen atoms in total. The van der Waals surface area contributed by atoms with Crippen molar-refractivity contribution in [3.05, 3.63) is 44.3 Å². The first-order valence-corrected chi connectivity index (χ1v) is 6.82. The third-order valence-corrected chi connectivity index (χ3v) is 3.85. The molecule has 0 amide bonds. The van der Waals surface area contributed by atoms with Crippen LogP contribution in [0.3, 0.4) is 0 Å². The summed E-state index contributed by atoms with van der Waals surface area (Å²) in [5.74, 6) is 0.0112. The number of fused-ring (bicyclic) bond motifs is 1. The molecule has 23 heavy (non-hydrogen) atoms. The zero-order valence-corrected chi connectivity index (χ0v) is 12.8. The Balaban J connectivity index is 2.27. The van der Waals surface area contributed by atoms with E-state index in [2.05, 4.69) is 9.97 Å². The fourth-order valence-electron chi connectivity index (χ4n) is 2.35. The van der Waals surface area contributed by atoms with Crippen LogP contribution >= 0.6 is 11.6 Å². The Kier molecular flexibility index (Phi) is 3.55. The number of nitrogens with zero attached hydrogens (tertiary/aromatic N) is 6. The van der Waals surface area contributed by atoms with E-state index >= 15 is 0 Å². The van der Waals surface area contributed by atoms with Gasteiger partial charge in [-0.3, -0.25) is 18.5 Å². The molecule has 0 bridgehead atoms. The second-order valence-corrected chi connectivity index (χ2v) is 5.21. The number of rotatable bonds is 3. The topological polar surface area (TPSA) is 79.6 Å². The number of aryl methyl sites for hydroxylation is 1. The zero-order valence-electron chi connectivity index (χ0n) is 12.1. The van der Waals surface area contributed by atoms with Crippen molar-refractivity contribution in [2.45, 2.75) is 13.1 Å². The van der Waals surface area contributed by atoms with Crippen LogP contribution < -0.4 is 11.2 Å². The lowest BCUT2D eigenvalue weighted by Gasteiger charge is -2.09. The molecule has 0 saturated heterocycles. The van der Waals surface area contributed by atoms with E-state index in [-0.39, 0.29) is 28.8 Å². The van der Waals surface area contributed by atoms with E-state index in [1.807, 2.05) is 0 Å². The smallest absolute Gasteiger partial charge is 0.301 e. The maximum atomic E-state index is 12.9. The van der Waals surface area contributed by atoms with Crippen LogP contribution in [0.5, 0.6) is 0 Å². The molecular weight excluding hydrogens is 334 g/mol. The molecule has 0 saturated carbocycles. The zero-order chi connectivity index (χ0) is 16.9. The largest absolute Gasteiger partial charge is 0.332 e. The molecule has 3 aromatic heterocycles. The van der Waals surface area contributed by atoms with Crippen molar-refractivity contribution in [2.75, 3.05) is 0 Å². The second-order valence-electron chi connectivity index (χ2n) is 4.87. The highest BCUT2D eigenvalue weighted by atomic mass is 35.5. The number of hydrogen-bond acceptors (Lipinski definition) is 4. The van der Waals surface area contributed by atoms with E-state index < -0.39 is 17.8 Å². The van der Waals surface area contributed by atoms with Gasteiger partial charge in [-0.25, -0.2) is 9.78 Å². The lowest BCUT2D eigenvalue weighted by atomic mass is 10.4. The molecule has 3 heterocycles. The molecular formula is C12H11ClF2N6O2. The molecule has 0 radical (unpaired) electrons. The quantitative estimate of drug-likeness (QED) is 0.656. The Labute approximate surface area is 132 Å². The summed E-state index contributed by atoms with van der Waals surface area (Å²) in [5, 5.41) is -0.0953. The van der Waals surface area contributed by atoms with Crippen LogP contribution in [-0.2, 0) is 20.6 Å². The minimum absolute atomic E-state index is 0.0112. The highest BCUT2D eigenvalue weighted by molar-refractivity contribution is 6.29. The average Bonchev–Trinajstić information content (AvgIpc) is 3.09. The summed E-state index contributed by atoms with van der Waals surface area (Å²) in [6.07, 6.45) is 2.35. The lowest BCUT2D eigenvalue weighted by Crippen LogP contribution is -2.37. The summed E-state index contributed by atoms with van der Waals surface area (Å²) in [5.41, 5.74) is -1.04. The summed E-state index contributed by atoms with van der Waals surface area (Å²) >= 11 is 6.03. The summed E-state index contributed by atoms with van der Waals surface area (Å²) < 4.78 is 29.8. The molecule has 3 rings (SSSR count). The van der Waals surface area contributed by atoms with E-state index in [0.717, 1.165) is 10.8 Å². The molecule has 0 spiro atoms. The van der Waals surface area contributed by atoms with Gasteiger partial charge in [0.2, 0.25) is 5.28 Å². The van der Waals surface area contributed by atoms with Crippen molar-refractivity contribution in [1.29, 1.82) is 0 Å². The molecule has 122 valence electrons. The first kappa shape index (κ1) is 15.4. The van der Waals surface area contributed by atoms with Gasteiger partial charge in [0, 0.05) is 26.5 Å². The predicted octanol–water partition coefficient (Wildman–Crippen LogP) is 0.727. The summed E-state index contributed by atoms with van der Waals surface area (Å²) in [6, 6.07) is 0. The molecule has 0 atom stereocenters. The minimum Gasteiger partial charge on any atom is -0.301 e. The Morgan fingerprint density at radius 3 is 2.61 bits per heavy atom. The third-order valence-electron chi connectivity index (χ3n) is 3.56. The van der Waals surface area contributed by atoms with Gasteiger partial charge in [0.05, 0.1) is 6.54 Å². The predicted molar refractivity (Wildman–Crippen MR) is 77.8 cm³/mol. The summed E-state index contributed by atoms with van der Waals surface area (Å²) in [7, 11) is 2.76. The molecule has 0 unspecified atom stereocenters. The SMILES string of the molecule is Cn1c(=O)c2c(nc(Cl)n2Cc2nccn2C(F)F)n(C)c1=O. The first-order chi connectivity index (χ1) is 10.8. The molecule has 0 aliphatic heterocycles. The van der Waals surface area contributed by atoms with E-state index in [1.54, 1.807) is 0 Å². The first-order valence-electron chi connectivity index (χ1n) is 6.44. The standard InChI is InChI=1S/C12H11ClF2N6O2/c1-18-8-7(9(22)19(2)12(18)23)21(10(13)17-8)5-6-16-3-4-20(6)11(14)15/h3-4,11H,5H2,1-2H3. The fraction of sp³-hybridized carbons (Fsp3) is 0.333. The van der Waals surface area contributed by atoms with Gasteiger partial charge < -0.3 is 4.57 Å². The van der Waals surface area contributed by atoms with Gasteiger partial charge in [0.25, 0.3) is 5.56 Å². The minimum atomic E-state index is -2.77. The van der Waals surface area contributed by atoms with Gasteiger partial charge in [-0.1, -0.05) is 0 Å². The van der Waals surface area contributed by atoms with Crippen molar-refractivity contribution >= 4 is 22.8 Å². The Bertz CT molecular complexity index is 1020. The van der Waals surface area contributed by atoms with Gasteiger partial charge in [0.1, 0.15) is 5.82 Å². The van der Waals surface area contributed by atoms with E-state index in [9.17, 15) is 18.4 Å². The molecule has 11 heteroatoms. The second kappa shape index (κ2) is 5.30. The van der Waals surface area contributed by atoms with E-state index in [4.69, 9.17) is 11.6 Å². The van der Waals surface area contributed by atoms with Gasteiger partial charge in [-0.15, -0.1) is 0 Å². The lowest BCUT2D eigenvalue weighted by molar-refractivity contribution is 0.0667. The molecule has 0 aromatic carbocycles. The highest BCUT2D eigenvalue weighted by Gasteiger charge is 2.20. The van der Waals surface area contributed by atoms with Crippen molar-refractivity contribution < 1.29 is 8.78 Å². The number of alkyl halides is 2. The highest BCUT2D eigenvalue weighted by Crippen LogP contribution is 2.19. The molecule has 0 aliphatic carbocycles. The van der Waals surface area contributed by atoms with Crippen molar-refractivity contribution in [1.82, 2.24) is 28.2 Å². The van der Waals surface area contributed by atoms with Gasteiger partial charge >= 0.3 is 12.2 Å². The van der Waals surface area contributed by atoms with Crippen LogP contribution in [0.2, 0.25) is 5.28 Å². The molecule has 0 aliphatic rings. The van der Waals surface area contributed by atoms with Crippen LogP contribution in [0.4, 0.5) is 8.78 Å². The normalized spacial score (nSPS) is 11.7. The van der Waals surface area contributed by atoms with Crippen LogP contribution in [0, 0.1) is 0 Å². The summed E-state index contributed by atoms with van der Waals surface area (Å²) in [4.78, 5) is 32.1. The van der Waals surface area contributed by atoms with Gasteiger partial charge in [0.15, 0.2) is 11.2 Å². The third kappa shape index (κ3) is 2.25. The molecule has 0 N–H and O–H groups in total. The monoisotopic (exact) mass is 344 g/mol. The molecule has 0 fully saturated rings. The van der Waals surface area contributed by atoms with Crippen LogP contribution in [0.15, 0.2) is 22.0 Å². The van der Waals surface area contributed by atoms with Gasteiger partial charge in [-0.05, 0) is 11.6 Å².